The number of hydrogen-bond donors (Lipinski definition) is 1. The van der Waals surface area contributed by atoms with Gasteiger partial charge in [0.1, 0.15) is 5.75 Å². The highest BCUT2D eigenvalue weighted by Crippen LogP contribution is 2.16. The maximum absolute atomic E-state index is 5.63. The minimum absolute atomic E-state index is 0.234. The Kier molecular flexibility index (Phi) is 5.67. The van der Waals surface area contributed by atoms with Crippen molar-refractivity contribution in [1.82, 2.24) is 5.32 Å². The zero-order valence-corrected chi connectivity index (χ0v) is 12.0. The largest absolute Gasteiger partial charge is 0.491 e. The Labute approximate surface area is 116 Å². The van der Waals surface area contributed by atoms with E-state index in [4.69, 9.17) is 9.47 Å². The van der Waals surface area contributed by atoms with Crippen LogP contribution >= 0.6 is 0 Å². The summed E-state index contributed by atoms with van der Waals surface area (Å²) < 4.78 is 11.0. The molecule has 1 unspecified atom stereocenters. The first-order valence-electron chi connectivity index (χ1n) is 7.28. The first-order valence-corrected chi connectivity index (χ1v) is 7.28. The van der Waals surface area contributed by atoms with Gasteiger partial charge in [0.05, 0.1) is 6.10 Å². The van der Waals surface area contributed by atoms with Gasteiger partial charge < -0.3 is 14.8 Å². The fraction of sp³-hybridized carbons (Fsp3) is 0.625. The van der Waals surface area contributed by atoms with Crippen molar-refractivity contribution < 1.29 is 9.47 Å². The Balaban J connectivity index is 1.65. The predicted molar refractivity (Wildman–Crippen MR) is 77.5 cm³/mol. The number of hydrogen-bond acceptors (Lipinski definition) is 3. The fourth-order valence-corrected chi connectivity index (χ4v) is 2.31. The molecule has 19 heavy (non-hydrogen) atoms. The van der Waals surface area contributed by atoms with Crippen molar-refractivity contribution in [2.75, 3.05) is 19.8 Å². The van der Waals surface area contributed by atoms with Crippen molar-refractivity contribution in [3.05, 3.63) is 29.8 Å². The Bertz CT molecular complexity index is 356. The topological polar surface area (TPSA) is 30.5 Å². The van der Waals surface area contributed by atoms with Crippen molar-refractivity contribution in [1.29, 1.82) is 0 Å². The average Bonchev–Trinajstić information content (AvgIpc) is 2.89. The second-order valence-corrected chi connectivity index (χ2v) is 5.51. The van der Waals surface area contributed by atoms with Gasteiger partial charge in [0.25, 0.3) is 0 Å². The van der Waals surface area contributed by atoms with E-state index in [9.17, 15) is 0 Å². The normalized spacial score (nSPS) is 19.0. The summed E-state index contributed by atoms with van der Waals surface area (Å²) in [6.07, 6.45) is 2.68. The zero-order chi connectivity index (χ0) is 13.5. The molecule has 1 atom stereocenters. The predicted octanol–water partition coefficient (Wildman–Crippen LogP) is 2.99. The third kappa shape index (κ3) is 5.21. The van der Waals surface area contributed by atoms with Crippen molar-refractivity contribution in [2.45, 2.75) is 39.3 Å². The van der Waals surface area contributed by atoms with Crippen molar-refractivity contribution in [3.8, 4) is 5.75 Å². The smallest absolute Gasteiger partial charge is 0.119 e. The van der Waals surface area contributed by atoms with Crippen LogP contribution in [0.2, 0.25) is 0 Å². The van der Waals surface area contributed by atoms with Crippen LogP contribution < -0.4 is 10.1 Å². The molecule has 1 aliphatic rings. The second kappa shape index (κ2) is 7.51. The zero-order valence-electron chi connectivity index (χ0n) is 12.0. The van der Waals surface area contributed by atoms with Gasteiger partial charge in [-0.1, -0.05) is 12.1 Å². The maximum Gasteiger partial charge on any atom is 0.119 e. The Morgan fingerprint density at radius 1 is 1.32 bits per heavy atom. The molecule has 0 bridgehead atoms. The van der Waals surface area contributed by atoms with Crippen LogP contribution in [0.1, 0.15) is 32.3 Å². The van der Waals surface area contributed by atoms with E-state index in [1.54, 1.807) is 0 Å². The highest BCUT2D eigenvalue weighted by atomic mass is 16.5. The van der Waals surface area contributed by atoms with E-state index in [-0.39, 0.29) is 6.10 Å². The summed E-state index contributed by atoms with van der Waals surface area (Å²) in [4.78, 5) is 0. The molecule has 1 aromatic rings. The summed E-state index contributed by atoms with van der Waals surface area (Å²) in [5, 5.41) is 3.49. The Morgan fingerprint density at radius 2 is 2.11 bits per heavy atom. The monoisotopic (exact) mass is 263 g/mol. The summed E-state index contributed by atoms with van der Waals surface area (Å²) in [6.45, 7) is 7.98. The molecule has 0 aromatic heterocycles. The number of nitrogens with one attached hydrogen (secondary N) is 1. The molecule has 2 rings (SSSR count). The van der Waals surface area contributed by atoms with Gasteiger partial charge in [0.2, 0.25) is 0 Å². The Morgan fingerprint density at radius 3 is 2.74 bits per heavy atom. The van der Waals surface area contributed by atoms with Gasteiger partial charge in [-0.15, -0.1) is 0 Å². The summed E-state index contributed by atoms with van der Waals surface area (Å²) in [6, 6.07) is 8.34. The average molecular weight is 263 g/mol. The molecule has 0 spiro atoms. The molecule has 3 heteroatoms. The molecule has 0 aliphatic carbocycles. The molecule has 1 heterocycles. The van der Waals surface area contributed by atoms with E-state index >= 15 is 0 Å². The molecule has 1 fully saturated rings. The SMILES string of the molecule is CC(C)Oc1ccc(CNCCC2CCOC2)cc1. The highest BCUT2D eigenvalue weighted by molar-refractivity contribution is 5.27. The number of rotatable bonds is 7. The van der Waals surface area contributed by atoms with Crippen LogP contribution in [0.5, 0.6) is 5.75 Å². The summed E-state index contributed by atoms with van der Waals surface area (Å²) >= 11 is 0. The van der Waals surface area contributed by atoms with E-state index in [2.05, 4.69) is 17.4 Å². The number of ether oxygens (including phenoxy) is 2. The van der Waals surface area contributed by atoms with Gasteiger partial charge in [0.15, 0.2) is 0 Å². The lowest BCUT2D eigenvalue weighted by atomic mass is 10.1. The third-order valence-electron chi connectivity index (χ3n) is 3.38. The molecule has 106 valence electrons. The first kappa shape index (κ1) is 14.4. The Hall–Kier alpha value is -1.06. The maximum atomic E-state index is 5.63. The molecule has 1 aromatic carbocycles. The molecule has 3 nitrogen and oxygen atoms in total. The van der Waals surface area contributed by atoms with Crippen LogP contribution in [0.3, 0.4) is 0 Å². The van der Waals surface area contributed by atoms with Gasteiger partial charge in [-0.2, -0.15) is 0 Å². The van der Waals surface area contributed by atoms with Gasteiger partial charge >= 0.3 is 0 Å². The molecule has 0 radical (unpaired) electrons. The van der Waals surface area contributed by atoms with Crippen LogP contribution in [0.25, 0.3) is 0 Å². The van der Waals surface area contributed by atoms with E-state index < -0.39 is 0 Å². The third-order valence-corrected chi connectivity index (χ3v) is 3.38. The second-order valence-electron chi connectivity index (χ2n) is 5.51. The van der Waals surface area contributed by atoms with E-state index in [1.807, 2.05) is 26.0 Å². The molecular weight excluding hydrogens is 238 g/mol. The lowest BCUT2D eigenvalue weighted by molar-refractivity contribution is 0.184. The van der Waals surface area contributed by atoms with Crippen LogP contribution in [0, 0.1) is 5.92 Å². The first-order chi connectivity index (χ1) is 9.24. The van der Waals surface area contributed by atoms with Crippen molar-refractivity contribution in [3.63, 3.8) is 0 Å². The minimum atomic E-state index is 0.234. The standard InChI is InChI=1S/C16H25NO2/c1-13(2)19-16-5-3-14(4-6-16)11-17-9-7-15-8-10-18-12-15/h3-6,13,15,17H,7-12H2,1-2H3. The van der Waals surface area contributed by atoms with E-state index in [0.29, 0.717) is 0 Å². The lowest BCUT2D eigenvalue weighted by Gasteiger charge is -2.11. The molecule has 1 aliphatic heterocycles. The molecule has 0 saturated carbocycles. The van der Waals surface area contributed by atoms with Gasteiger partial charge in [-0.25, -0.2) is 0 Å². The highest BCUT2D eigenvalue weighted by Gasteiger charge is 2.14. The fourth-order valence-electron chi connectivity index (χ4n) is 2.31. The molecule has 1 N–H and O–H groups in total. The lowest BCUT2D eigenvalue weighted by Crippen LogP contribution is -2.18. The summed E-state index contributed by atoms with van der Waals surface area (Å²) in [7, 11) is 0. The van der Waals surface area contributed by atoms with E-state index in [0.717, 1.165) is 38.0 Å². The van der Waals surface area contributed by atoms with Crippen LogP contribution in [-0.4, -0.2) is 25.9 Å². The van der Waals surface area contributed by atoms with Gasteiger partial charge in [-0.05, 0) is 56.8 Å². The molecular formula is C16H25NO2. The van der Waals surface area contributed by atoms with E-state index in [1.165, 1.54) is 18.4 Å². The quantitative estimate of drug-likeness (QED) is 0.767. The minimum Gasteiger partial charge on any atom is -0.491 e. The molecule has 0 amide bonds. The summed E-state index contributed by atoms with van der Waals surface area (Å²) in [5.74, 6) is 1.70. The summed E-state index contributed by atoms with van der Waals surface area (Å²) in [5.41, 5.74) is 1.30. The number of benzene rings is 1. The van der Waals surface area contributed by atoms with Crippen LogP contribution in [-0.2, 0) is 11.3 Å². The van der Waals surface area contributed by atoms with Crippen molar-refractivity contribution >= 4 is 0 Å². The van der Waals surface area contributed by atoms with Crippen LogP contribution in [0.15, 0.2) is 24.3 Å². The van der Waals surface area contributed by atoms with Gasteiger partial charge in [-0.3, -0.25) is 0 Å². The van der Waals surface area contributed by atoms with Crippen LogP contribution in [0.4, 0.5) is 0 Å². The van der Waals surface area contributed by atoms with Crippen molar-refractivity contribution in [2.24, 2.45) is 5.92 Å². The molecule has 1 saturated heterocycles. The van der Waals surface area contributed by atoms with Gasteiger partial charge in [0, 0.05) is 19.8 Å².